The lowest BCUT2D eigenvalue weighted by Gasteiger charge is -2.11. The van der Waals surface area contributed by atoms with Gasteiger partial charge in [-0.3, -0.25) is 9.59 Å². The largest absolute Gasteiger partial charge is 0.481 e. The van der Waals surface area contributed by atoms with Gasteiger partial charge in [0.25, 0.3) is 0 Å². The van der Waals surface area contributed by atoms with Crippen LogP contribution in [0.5, 0.6) is 0 Å². The van der Waals surface area contributed by atoms with Gasteiger partial charge in [0.05, 0.1) is 6.42 Å². The van der Waals surface area contributed by atoms with Crippen molar-refractivity contribution in [2.45, 2.75) is 45.1 Å². The van der Waals surface area contributed by atoms with Crippen LogP contribution in [0.1, 0.15) is 37.9 Å². The van der Waals surface area contributed by atoms with Crippen molar-refractivity contribution in [3.63, 3.8) is 0 Å². The van der Waals surface area contributed by atoms with E-state index in [-0.39, 0.29) is 12.8 Å². The summed E-state index contributed by atoms with van der Waals surface area (Å²) in [5.74, 6) is -2.43. The molecule has 21 heavy (non-hydrogen) atoms. The highest BCUT2D eigenvalue weighted by Crippen LogP contribution is 2.03. The molecule has 9 heteroatoms. The Labute approximate surface area is 120 Å². The van der Waals surface area contributed by atoms with Crippen molar-refractivity contribution in [2.75, 3.05) is 0 Å². The second-order valence-corrected chi connectivity index (χ2v) is 4.41. The molecule has 0 aromatic carbocycles. The van der Waals surface area contributed by atoms with Crippen LogP contribution in [0.3, 0.4) is 0 Å². The zero-order valence-corrected chi connectivity index (χ0v) is 11.5. The predicted octanol–water partition coefficient (Wildman–Crippen LogP) is -0.00120. The Morgan fingerprint density at radius 2 is 2.00 bits per heavy atom. The molecule has 0 spiro atoms. The highest BCUT2D eigenvalue weighted by molar-refractivity contribution is 5.86. The van der Waals surface area contributed by atoms with E-state index in [1.54, 1.807) is 0 Å². The smallest absolute Gasteiger partial charge is 0.326 e. The van der Waals surface area contributed by atoms with Crippen LogP contribution in [0, 0.1) is 0 Å². The first-order valence-electron chi connectivity index (χ1n) is 6.47. The van der Waals surface area contributed by atoms with Gasteiger partial charge in [-0.25, -0.2) is 4.79 Å². The second kappa shape index (κ2) is 7.98. The molecule has 1 rings (SSSR count). The van der Waals surface area contributed by atoms with Crippen LogP contribution >= 0.6 is 0 Å². The number of nitrogens with zero attached hydrogens (tertiary/aromatic N) is 2. The Bertz CT molecular complexity index is 513. The highest BCUT2D eigenvalue weighted by atomic mass is 16.5. The number of aryl methyl sites for hydroxylation is 2. The standard InChI is InChI=1S/C12H17N3O6/c1-2-3-8-14-10(21-15-8)5-4-9(16)13-7(12(19)20)6-11(17)18/h7H,2-6H2,1H3,(H,13,16)(H,17,18)(H,19,20). The molecule has 0 aliphatic heterocycles. The molecule has 0 radical (unpaired) electrons. The normalized spacial score (nSPS) is 11.9. The first-order valence-corrected chi connectivity index (χ1v) is 6.47. The average molecular weight is 299 g/mol. The molecule has 9 nitrogen and oxygen atoms in total. The van der Waals surface area contributed by atoms with Crippen LogP contribution in [0.4, 0.5) is 0 Å². The SMILES string of the molecule is CCCc1noc(CCC(=O)NC(CC(=O)O)C(=O)O)n1. The van der Waals surface area contributed by atoms with Crippen molar-refractivity contribution in [2.24, 2.45) is 0 Å². The van der Waals surface area contributed by atoms with Crippen LogP contribution < -0.4 is 5.32 Å². The van der Waals surface area contributed by atoms with Crippen molar-refractivity contribution < 1.29 is 29.1 Å². The fourth-order valence-corrected chi connectivity index (χ4v) is 1.58. The summed E-state index contributed by atoms with van der Waals surface area (Å²) < 4.78 is 4.93. The molecule has 3 N–H and O–H groups in total. The maximum Gasteiger partial charge on any atom is 0.326 e. The van der Waals surface area contributed by atoms with E-state index < -0.39 is 30.3 Å². The Morgan fingerprint density at radius 3 is 2.57 bits per heavy atom. The van der Waals surface area contributed by atoms with E-state index in [0.29, 0.717) is 18.1 Å². The number of carbonyl (C=O) groups is 3. The third-order valence-electron chi connectivity index (χ3n) is 2.56. The summed E-state index contributed by atoms with van der Waals surface area (Å²) in [5.41, 5.74) is 0. The Hall–Kier alpha value is -2.45. The quantitative estimate of drug-likeness (QED) is 0.578. The summed E-state index contributed by atoms with van der Waals surface area (Å²) in [6.45, 7) is 1.97. The lowest BCUT2D eigenvalue weighted by molar-refractivity contribution is -0.147. The van der Waals surface area contributed by atoms with E-state index in [2.05, 4.69) is 15.5 Å². The first-order chi connectivity index (χ1) is 9.92. The fraction of sp³-hybridized carbons (Fsp3) is 0.583. The molecule has 1 atom stereocenters. The number of aromatic nitrogens is 2. The van der Waals surface area contributed by atoms with E-state index in [0.717, 1.165) is 6.42 Å². The third kappa shape index (κ3) is 6.02. The molecule has 0 saturated carbocycles. The van der Waals surface area contributed by atoms with E-state index >= 15 is 0 Å². The molecule has 116 valence electrons. The van der Waals surface area contributed by atoms with E-state index in [4.69, 9.17) is 14.7 Å². The average Bonchev–Trinajstić information content (AvgIpc) is 2.83. The zero-order chi connectivity index (χ0) is 15.8. The molecular formula is C12H17N3O6. The lowest BCUT2D eigenvalue weighted by atomic mass is 10.2. The fourth-order valence-electron chi connectivity index (χ4n) is 1.58. The minimum atomic E-state index is -1.45. The summed E-state index contributed by atoms with van der Waals surface area (Å²) in [4.78, 5) is 36.9. The van der Waals surface area contributed by atoms with Gasteiger partial charge in [-0.2, -0.15) is 4.98 Å². The maximum absolute atomic E-state index is 11.6. The molecule has 0 aliphatic rings. The van der Waals surface area contributed by atoms with E-state index in [9.17, 15) is 14.4 Å². The zero-order valence-electron chi connectivity index (χ0n) is 11.5. The number of nitrogens with one attached hydrogen (secondary N) is 1. The van der Waals surface area contributed by atoms with E-state index in [1.165, 1.54) is 0 Å². The number of carboxylic acid groups (broad SMARTS) is 2. The van der Waals surface area contributed by atoms with Crippen molar-refractivity contribution >= 4 is 17.8 Å². The molecular weight excluding hydrogens is 282 g/mol. The predicted molar refractivity (Wildman–Crippen MR) is 68.4 cm³/mol. The van der Waals surface area contributed by atoms with Gasteiger partial charge in [-0.1, -0.05) is 12.1 Å². The third-order valence-corrected chi connectivity index (χ3v) is 2.56. The van der Waals surface area contributed by atoms with Gasteiger partial charge >= 0.3 is 11.9 Å². The molecule has 0 fully saturated rings. The summed E-state index contributed by atoms with van der Waals surface area (Å²) in [6, 6.07) is -1.45. The highest BCUT2D eigenvalue weighted by Gasteiger charge is 2.23. The molecule has 0 saturated heterocycles. The number of aliphatic carboxylic acids is 2. The molecule has 0 aliphatic carbocycles. The molecule has 1 unspecified atom stereocenters. The first kappa shape index (κ1) is 16.6. The van der Waals surface area contributed by atoms with Crippen LogP contribution in [-0.2, 0) is 27.2 Å². The number of amides is 1. The molecule has 1 amide bonds. The number of carboxylic acids is 2. The molecule has 1 heterocycles. The number of rotatable bonds is 9. The van der Waals surface area contributed by atoms with Gasteiger partial charge in [-0.15, -0.1) is 0 Å². The minimum Gasteiger partial charge on any atom is -0.481 e. The monoisotopic (exact) mass is 299 g/mol. The number of carbonyl (C=O) groups excluding carboxylic acids is 1. The minimum absolute atomic E-state index is 0.0584. The molecule has 1 aromatic heterocycles. The van der Waals surface area contributed by atoms with Gasteiger partial charge < -0.3 is 20.1 Å². The summed E-state index contributed by atoms with van der Waals surface area (Å²) in [6.07, 6.45) is 0.978. The molecule has 1 aromatic rings. The van der Waals surface area contributed by atoms with Crippen LogP contribution in [0.15, 0.2) is 4.52 Å². The Morgan fingerprint density at radius 1 is 1.29 bits per heavy atom. The summed E-state index contributed by atoms with van der Waals surface area (Å²) in [7, 11) is 0. The van der Waals surface area contributed by atoms with Gasteiger partial charge in [0.15, 0.2) is 5.82 Å². The van der Waals surface area contributed by atoms with Crippen LogP contribution in [0.2, 0.25) is 0 Å². The van der Waals surface area contributed by atoms with Crippen molar-refractivity contribution in [1.82, 2.24) is 15.5 Å². The van der Waals surface area contributed by atoms with E-state index in [1.807, 2.05) is 6.92 Å². The summed E-state index contributed by atoms with van der Waals surface area (Å²) in [5, 5.41) is 23.2. The Balaban J connectivity index is 2.44. The lowest BCUT2D eigenvalue weighted by Crippen LogP contribution is -2.42. The number of hydrogen-bond donors (Lipinski definition) is 3. The van der Waals surface area contributed by atoms with Crippen LogP contribution in [0.25, 0.3) is 0 Å². The van der Waals surface area contributed by atoms with Gasteiger partial charge in [0, 0.05) is 19.3 Å². The van der Waals surface area contributed by atoms with Gasteiger partial charge in [-0.05, 0) is 6.42 Å². The molecule has 0 bridgehead atoms. The second-order valence-electron chi connectivity index (χ2n) is 4.41. The van der Waals surface area contributed by atoms with Gasteiger partial charge in [0.1, 0.15) is 6.04 Å². The maximum atomic E-state index is 11.6. The van der Waals surface area contributed by atoms with Crippen molar-refractivity contribution in [3.05, 3.63) is 11.7 Å². The number of hydrogen-bond acceptors (Lipinski definition) is 6. The Kier molecular flexibility index (Phi) is 6.31. The van der Waals surface area contributed by atoms with Crippen LogP contribution in [-0.4, -0.2) is 44.2 Å². The van der Waals surface area contributed by atoms with Gasteiger partial charge in [0.2, 0.25) is 11.8 Å². The summed E-state index contributed by atoms with van der Waals surface area (Å²) >= 11 is 0. The topological polar surface area (TPSA) is 143 Å². The van der Waals surface area contributed by atoms with Crippen molar-refractivity contribution in [3.8, 4) is 0 Å². The van der Waals surface area contributed by atoms with Crippen molar-refractivity contribution in [1.29, 1.82) is 0 Å².